The van der Waals surface area contributed by atoms with Crippen molar-refractivity contribution in [1.82, 2.24) is 20.2 Å². The summed E-state index contributed by atoms with van der Waals surface area (Å²) in [4.78, 5) is 8.24. The highest BCUT2D eigenvalue weighted by molar-refractivity contribution is 7.85. The molecular weight excluding hydrogens is 274 g/mol. The van der Waals surface area contributed by atoms with Crippen LogP contribution in [-0.4, -0.2) is 41.9 Å². The molecule has 0 aromatic carbocycles. The summed E-state index contributed by atoms with van der Waals surface area (Å²) < 4.78 is 11.3. The monoisotopic (exact) mass is 285 g/mol. The Balaban J connectivity index is 1.85. The molecule has 2 N–H and O–H groups in total. The first kappa shape index (κ1) is 11.9. The molecule has 1 aliphatic rings. The predicted octanol–water partition coefficient (Wildman–Crippen LogP) is 1.33. The van der Waals surface area contributed by atoms with Crippen LogP contribution < -0.4 is 5.32 Å². The van der Waals surface area contributed by atoms with Gasteiger partial charge in [0.25, 0.3) is 0 Å². The molecule has 0 unspecified atom stereocenters. The topological polar surface area (TPSA) is 83.6 Å². The molecule has 8 heteroatoms. The summed E-state index contributed by atoms with van der Waals surface area (Å²) >= 11 is 5.86. The molecule has 1 saturated heterocycles. The van der Waals surface area contributed by atoms with Crippen LogP contribution in [-0.2, 0) is 10.8 Å². The zero-order chi connectivity index (χ0) is 12.5. The number of hydrogen-bond acceptors (Lipinski definition) is 5. The van der Waals surface area contributed by atoms with Gasteiger partial charge in [0, 0.05) is 28.3 Å². The Bertz CT molecular complexity index is 591. The van der Waals surface area contributed by atoms with Crippen molar-refractivity contribution in [1.29, 1.82) is 0 Å². The molecule has 0 spiro atoms. The number of hydrogen-bond donors (Lipinski definition) is 2. The van der Waals surface area contributed by atoms with Crippen molar-refractivity contribution < 1.29 is 4.21 Å². The van der Waals surface area contributed by atoms with Crippen LogP contribution in [0.1, 0.15) is 12.8 Å². The van der Waals surface area contributed by atoms with E-state index in [0.29, 0.717) is 11.5 Å². The lowest BCUT2D eigenvalue weighted by molar-refractivity contribution is 0.623. The van der Waals surface area contributed by atoms with E-state index in [0.717, 1.165) is 29.7 Å². The number of nitrogens with zero attached hydrogens (tertiary/aromatic N) is 3. The quantitative estimate of drug-likeness (QED) is 0.813. The Kier molecular flexibility index (Phi) is 3.17. The second-order valence-corrected chi connectivity index (χ2v) is 6.27. The van der Waals surface area contributed by atoms with Crippen molar-refractivity contribution in [3.05, 3.63) is 11.5 Å². The molecule has 2 aromatic rings. The van der Waals surface area contributed by atoms with Crippen LogP contribution in [0.15, 0.2) is 6.20 Å². The maximum atomic E-state index is 11.3. The highest BCUT2D eigenvalue weighted by Gasteiger charge is 2.19. The van der Waals surface area contributed by atoms with Crippen molar-refractivity contribution >= 4 is 39.3 Å². The number of H-pyrrole nitrogens is 1. The molecule has 18 heavy (non-hydrogen) atoms. The maximum absolute atomic E-state index is 11.3. The van der Waals surface area contributed by atoms with Crippen molar-refractivity contribution in [2.24, 2.45) is 0 Å². The zero-order valence-electron chi connectivity index (χ0n) is 9.52. The van der Waals surface area contributed by atoms with Gasteiger partial charge in [-0.05, 0) is 24.4 Å². The fraction of sp³-hybridized carbons (Fsp3) is 0.500. The lowest BCUT2D eigenvalue weighted by atomic mass is 10.1. The Labute approximate surface area is 111 Å². The summed E-state index contributed by atoms with van der Waals surface area (Å²) in [6, 6.07) is 0.284. The first-order valence-corrected chi connectivity index (χ1v) is 7.57. The van der Waals surface area contributed by atoms with E-state index < -0.39 is 10.8 Å². The van der Waals surface area contributed by atoms with E-state index in [1.54, 1.807) is 6.20 Å². The third-order valence-corrected chi connectivity index (χ3v) is 4.56. The number of nitrogens with one attached hydrogen (secondary N) is 2. The Morgan fingerprint density at radius 2 is 2.17 bits per heavy atom. The highest BCUT2D eigenvalue weighted by atomic mass is 35.5. The van der Waals surface area contributed by atoms with Gasteiger partial charge in [0.15, 0.2) is 5.65 Å². The van der Waals surface area contributed by atoms with Gasteiger partial charge in [-0.15, -0.1) is 0 Å². The van der Waals surface area contributed by atoms with Gasteiger partial charge in [-0.25, -0.2) is 0 Å². The summed E-state index contributed by atoms with van der Waals surface area (Å²) in [5.41, 5.74) is 0.622. The molecule has 0 amide bonds. The Hall–Kier alpha value is -1.21. The van der Waals surface area contributed by atoms with Gasteiger partial charge in [-0.3, -0.25) is 9.31 Å². The summed E-state index contributed by atoms with van der Waals surface area (Å²) in [6.45, 7) is 0. The Morgan fingerprint density at radius 1 is 1.39 bits per heavy atom. The minimum absolute atomic E-state index is 0.189. The summed E-state index contributed by atoms with van der Waals surface area (Å²) in [7, 11) is -0.660. The van der Waals surface area contributed by atoms with Crippen molar-refractivity contribution in [3.8, 4) is 0 Å². The first-order valence-electron chi connectivity index (χ1n) is 5.70. The van der Waals surface area contributed by atoms with Crippen LogP contribution in [0.25, 0.3) is 11.0 Å². The smallest absolute Gasteiger partial charge is 0.226 e. The summed E-state index contributed by atoms with van der Waals surface area (Å²) in [6.07, 6.45) is 3.44. The van der Waals surface area contributed by atoms with E-state index in [4.69, 9.17) is 11.6 Å². The van der Waals surface area contributed by atoms with Crippen LogP contribution in [0.3, 0.4) is 0 Å². The van der Waals surface area contributed by atoms with Crippen molar-refractivity contribution in [2.75, 3.05) is 16.8 Å². The molecule has 3 rings (SSSR count). The van der Waals surface area contributed by atoms with E-state index in [1.807, 2.05) is 0 Å². The number of aromatic amines is 1. The van der Waals surface area contributed by atoms with Crippen molar-refractivity contribution in [3.63, 3.8) is 0 Å². The minimum atomic E-state index is -0.660. The molecule has 0 radical (unpaired) electrons. The van der Waals surface area contributed by atoms with E-state index in [1.165, 1.54) is 0 Å². The number of fused-ring (bicyclic) bond motifs is 1. The van der Waals surface area contributed by atoms with Crippen LogP contribution in [0.5, 0.6) is 0 Å². The van der Waals surface area contributed by atoms with Crippen molar-refractivity contribution in [2.45, 2.75) is 18.9 Å². The van der Waals surface area contributed by atoms with E-state index in [2.05, 4.69) is 25.5 Å². The molecule has 96 valence electrons. The molecule has 0 saturated carbocycles. The molecule has 3 heterocycles. The second-order valence-electron chi connectivity index (χ2n) is 4.24. The lowest BCUT2D eigenvalue weighted by Gasteiger charge is -2.23. The van der Waals surface area contributed by atoms with E-state index in [-0.39, 0.29) is 11.3 Å². The molecule has 6 nitrogen and oxygen atoms in total. The molecule has 0 bridgehead atoms. The molecule has 1 aliphatic heterocycles. The highest BCUT2D eigenvalue weighted by Crippen LogP contribution is 2.22. The van der Waals surface area contributed by atoms with Crippen LogP contribution in [0.4, 0.5) is 5.82 Å². The normalized spacial score (nSPS) is 24.3. The first-order chi connectivity index (χ1) is 8.72. The van der Waals surface area contributed by atoms with Crippen LogP contribution in [0, 0.1) is 0 Å². The number of aromatic nitrogens is 4. The van der Waals surface area contributed by atoms with Gasteiger partial charge in [0.1, 0.15) is 5.82 Å². The number of halogens is 1. The van der Waals surface area contributed by atoms with E-state index in [9.17, 15) is 4.21 Å². The summed E-state index contributed by atoms with van der Waals surface area (Å²) in [5.74, 6) is 2.17. The van der Waals surface area contributed by atoms with Gasteiger partial charge < -0.3 is 5.32 Å². The standard InChI is InChI=1S/C10H12ClN5OS/c11-10-14-8(7-5-12-16-9(7)15-10)13-6-1-3-18(17)4-2-6/h5-6H,1-4H2,(H2,12,13,14,15,16). The SMILES string of the molecule is O=S1CCC(Nc2nc(Cl)nc3[nH]ncc23)CC1. The lowest BCUT2D eigenvalue weighted by Crippen LogP contribution is -2.29. The second kappa shape index (κ2) is 4.81. The van der Waals surface area contributed by atoms with Gasteiger partial charge >= 0.3 is 0 Å². The van der Waals surface area contributed by atoms with Crippen LogP contribution >= 0.6 is 11.6 Å². The fourth-order valence-electron chi connectivity index (χ4n) is 2.05. The number of anilines is 1. The minimum Gasteiger partial charge on any atom is -0.367 e. The van der Waals surface area contributed by atoms with Gasteiger partial charge in [0.05, 0.1) is 11.6 Å². The zero-order valence-corrected chi connectivity index (χ0v) is 11.1. The third-order valence-electron chi connectivity index (χ3n) is 3.01. The van der Waals surface area contributed by atoms with Gasteiger partial charge in [-0.1, -0.05) is 0 Å². The predicted molar refractivity (Wildman–Crippen MR) is 71.2 cm³/mol. The fourth-order valence-corrected chi connectivity index (χ4v) is 3.52. The van der Waals surface area contributed by atoms with Gasteiger partial charge in [0.2, 0.25) is 5.28 Å². The number of rotatable bonds is 2. The van der Waals surface area contributed by atoms with E-state index >= 15 is 0 Å². The van der Waals surface area contributed by atoms with Crippen LogP contribution in [0.2, 0.25) is 5.28 Å². The third kappa shape index (κ3) is 2.32. The maximum Gasteiger partial charge on any atom is 0.226 e. The molecular formula is C10H12ClN5OS. The molecule has 2 aromatic heterocycles. The average molecular weight is 286 g/mol. The average Bonchev–Trinajstić information content (AvgIpc) is 2.80. The molecule has 1 fully saturated rings. The molecule has 0 aliphatic carbocycles. The molecule has 0 atom stereocenters. The summed E-state index contributed by atoms with van der Waals surface area (Å²) in [5, 5.41) is 11.1. The van der Waals surface area contributed by atoms with Gasteiger partial charge in [-0.2, -0.15) is 15.1 Å². The Morgan fingerprint density at radius 3 is 2.94 bits per heavy atom. The largest absolute Gasteiger partial charge is 0.367 e.